The Kier molecular flexibility index (Phi) is 2.11. The van der Waals surface area contributed by atoms with Crippen molar-refractivity contribution in [3.8, 4) is 0 Å². The number of alkyl halides is 3. The number of fused-ring (bicyclic) bond motifs is 1. The third-order valence-electron chi connectivity index (χ3n) is 2.15. The lowest BCUT2D eigenvalue weighted by atomic mass is 10.1. The highest BCUT2D eigenvalue weighted by Gasteiger charge is 2.34. The second-order valence-corrected chi connectivity index (χ2v) is 3.96. The molecule has 0 saturated carbocycles. The zero-order valence-electron chi connectivity index (χ0n) is 7.63. The van der Waals surface area contributed by atoms with E-state index >= 15 is 0 Å². The lowest BCUT2D eigenvalue weighted by Crippen LogP contribution is -2.20. The number of hydrogen-bond donors (Lipinski definition) is 0. The van der Waals surface area contributed by atoms with E-state index < -0.39 is 17.3 Å². The van der Waals surface area contributed by atoms with Gasteiger partial charge in [0, 0.05) is 10.9 Å². The van der Waals surface area contributed by atoms with E-state index in [1.54, 1.807) is 5.38 Å². The van der Waals surface area contributed by atoms with E-state index in [1.807, 2.05) is 0 Å². The second-order valence-electron chi connectivity index (χ2n) is 3.11. The van der Waals surface area contributed by atoms with Gasteiger partial charge in [-0.2, -0.15) is 13.2 Å². The second kappa shape index (κ2) is 3.10. The van der Waals surface area contributed by atoms with Crippen molar-refractivity contribution in [2.75, 3.05) is 0 Å². The standard InChI is InChI=1S/C9H6F3NOS/c1-5-7(9(10,11)12)4-6-2-3-15-13(6)8(5)14/h2-4H,1H3. The average molecular weight is 233 g/mol. The Labute approximate surface area is 86.7 Å². The molecule has 0 bridgehead atoms. The van der Waals surface area contributed by atoms with Crippen LogP contribution in [0.2, 0.25) is 0 Å². The van der Waals surface area contributed by atoms with Gasteiger partial charge in [-0.15, -0.1) is 0 Å². The minimum absolute atomic E-state index is 0.262. The molecule has 2 nitrogen and oxygen atoms in total. The van der Waals surface area contributed by atoms with Crippen molar-refractivity contribution in [1.82, 2.24) is 3.79 Å². The summed E-state index contributed by atoms with van der Waals surface area (Å²) in [6.07, 6.45) is -4.47. The molecule has 2 aromatic heterocycles. The molecule has 0 saturated heterocycles. The van der Waals surface area contributed by atoms with Gasteiger partial charge in [-0.1, -0.05) is 11.5 Å². The Bertz CT molecular complexity index is 567. The molecule has 0 spiro atoms. The summed E-state index contributed by atoms with van der Waals surface area (Å²) in [5.74, 6) is 0. The minimum Gasteiger partial charge on any atom is -0.268 e. The summed E-state index contributed by atoms with van der Waals surface area (Å²) in [5.41, 5.74) is -1.44. The lowest BCUT2D eigenvalue weighted by Gasteiger charge is -2.09. The monoisotopic (exact) mass is 233 g/mol. The van der Waals surface area contributed by atoms with E-state index in [-0.39, 0.29) is 11.1 Å². The van der Waals surface area contributed by atoms with Gasteiger partial charge in [0.1, 0.15) is 0 Å². The summed E-state index contributed by atoms with van der Waals surface area (Å²) < 4.78 is 38.8. The van der Waals surface area contributed by atoms with Crippen LogP contribution >= 0.6 is 11.5 Å². The van der Waals surface area contributed by atoms with Crippen molar-refractivity contribution < 1.29 is 13.2 Å². The molecule has 0 atom stereocenters. The van der Waals surface area contributed by atoms with Gasteiger partial charge in [0.25, 0.3) is 5.56 Å². The summed E-state index contributed by atoms with van der Waals surface area (Å²) in [4.78, 5) is 11.5. The highest BCUT2D eigenvalue weighted by atomic mass is 32.1. The maximum absolute atomic E-state index is 12.5. The fourth-order valence-corrected chi connectivity index (χ4v) is 2.17. The number of nitrogens with zero attached hydrogens (tertiary/aromatic N) is 1. The quantitative estimate of drug-likeness (QED) is 0.685. The number of pyridine rings is 1. The van der Waals surface area contributed by atoms with Gasteiger partial charge < -0.3 is 0 Å². The summed E-state index contributed by atoms with van der Waals surface area (Å²) >= 11 is 1.08. The highest BCUT2D eigenvalue weighted by Crippen LogP contribution is 2.31. The van der Waals surface area contributed by atoms with E-state index in [9.17, 15) is 18.0 Å². The summed E-state index contributed by atoms with van der Waals surface area (Å²) in [6, 6.07) is 2.48. The maximum atomic E-state index is 12.5. The van der Waals surface area contributed by atoms with Crippen LogP contribution in [0.4, 0.5) is 13.2 Å². The third-order valence-corrected chi connectivity index (χ3v) is 2.99. The van der Waals surface area contributed by atoms with E-state index in [0.717, 1.165) is 17.6 Å². The van der Waals surface area contributed by atoms with Crippen LogP contribution in [-0.2, 0) is 6.18 Å². The molecule has 0 radical (unpaired) electrons. The Hall–Kier alpha value is -1.30. The first kappa shape index (κ1) is 10.2. The molecule has 0 aliphatic rings. The van der Waals surface area contributed by atoms with Gasteiger partial charge >= 0.3 is 6.18 Å². The molecule has 80 valence electrons. The van der Waals surface area contributed by atoms with Crippen LogP contribution in [0, 0.1) is 6.92 Å². The Balaban J connectivity index is 2.88. The van der Waals surface area contributed by atoms with Crippen molar-refractivity contribution in [2.24, 2.45) is 0 Å². The van der Waals surface area contributed by atoms with Crippen molar-refractivity contribution in [3.63, 3.8) is 0 Å². The van der Waals surface area contributed by atoms with Crippen LogP contribution < -0.4 is 5.56 Å². The van der Waals surface area contributed by atoms with Gasteiger partial charge in [-0.05, 0) is 19.1 Å². The Morgan fingerprint density at radius 1 is 1.40 bits per heavy atom. The molecule has 0 amide bonds. The minimum atomic E-state index is -4.47. The molecule has 2 heterocycles. The van der Waals surface area contributed by atoms with Crippen LogP contribution in [0.15, 0.2) is 22.3 Å². The van der Waals surface area contributed by atoms with Crippen LogP contribution in [0.1, 0.15) is 11.1 Å². The predicted octanol–water partition coefficient (Wildman–Crippen LogP) is 2.69. The van der Waals surface area contributed by atoms with Crippen LogP contribution in [0.5, 0.6) is 0 Å². The highest BCUT2D eigenvalue weighted by molar-refractivity contribution is 7.04. The smallest absolute Gasteiger partial charge is 0.268 e. The first-order chi connectivity index (χ1) is 6.91. The van der Waals surface area contributed by atoms with Crippen molar-refractivity contribution in [1.29, 1.82) is 0 Å². The molecule has 0 aromatic carbocycles. The van der Waals surface area contributed by atoms with Crippen molar-refractivity contribution in [2.45, 2.75) is 13.1 Å². The molecule has 0 fully saturated rings. The van der Waals surface area contributed by atoms with Gasteiger partial charge in [-0.25, -0.2) is 3.79 Å². The van der Waals surface area contributed by atoms with Crippen LogP contribution in [-0.4, -0.2) is 3.79 Å². The maximum Gasteiger partial charge on any atom is 0.416 e. The topological polar surface area (TPSA) is 21.5 Å². The zero-order valence-corrected chi connectivity index (χ0v) is 8.45. The van der Waals surface area contributed by atoms with Crippen molar-refractivity contribution in [3.05, 3.63) is 39.0 Å². The Morgan fingerprint density at radius 2 is 2.07 bits per heavy atom. The molecule has 0 aliphatic carbocycles. The van der Waals surface area contributed by atoms with Gasteiger partial charge in [0.15, 0.2) is 0 Å². The molecule has 2 aromatic rings. The van der Waals surface area contributed by atoms with E-state index in [0.29, 0.717) is 0 Å². The largest absolute Gasteiger partial charge is 0.416 e. The fourth-order valence-electron chi connectivity index (χ4n) is 1.38. The lowest BCUT2D eigenvalue weighted by molar-refractivity contribution is -0.138. The molecule has 0 N–H and O–H groups in total. The molecule has 0 unspecified atom stereocenters. The first-order valence-corrected chi connectivity index (χ1v) is 4.92. The van der Waals surface area contributed by atoms with Crippen LogP contribution in [0.25, 0.3) is 5.52 Å². The molecule has 0 aliphatic heterocycles. The molecule has 15 heavy (non-hydrogen) atoms. The van der Waals surface area contributed by atoms with E-state index in [1.165, 1.54) is 16.8 Å². The number of hydrogen-bond acceptors (Lipinski definition) is 2. The van der Waals surface area contributed by atoms with Gasteiger partial charge in [0.2, 0.25) is 0 Å². The average Bonchev–Trinajstić information content (AvgIpc) is 2.57. The van der Waals surface area contributed by atoms with Crippen molar-refractivity contribution >= 4 is 17.0 Å². The molecule has 2 rings (SSSR count). The number of halogens is 3. The van der Waals surface area contributed by atoms with Crippen LogP contribution in [0.3, 0.4) is 0 Å². The van der Waals surface area contributed by atoms with E-state index in [2.05, 4.69) is 0 Å². The molecule has 6 heteroatoms. The third kappa shape index (κ3) is 1.54. The van der Waals surface area contributed by atoms with Gasteiger partial charge in [-0.3, -0.25) is 4.79 Å². The molecular formula is C9H6F3NOS. The molecular weight excluding hydrogens is 227 g/mol. The summed E-state index contributed by atoms with van der Waals surface area (Å²) in [5, 5.41) is 1.58. The predicted molar refractivity (Wildman–Crippen MR) is 51.3 cm³/mol. The SMILES string of the molecule is Cc1c(C(F)(F)F)cc2ccsn2c1=O. The van der Waals surface area contributed by atoms with Gasteiger partial charge in [0.05, 0.1) is 11.1 Å². The Morgan fingerprint density at radius 3 is 2.67 bits per heavy atom. The first-order valence-electron chi connectivity index (χ1n) is 4.09. The zero-order chi connectivity index (χ0) is 11.2. The van der Waals surface area contributed by atoms with E-state index in [4.69, 9.17) is 0 Å². The number of aromatic nitrogens is 1. The normalized spacial score (nSPS) is 12.3. The summed E-state index contributed by atoms with van der Waals surface area (Å²) in [6.45, 7) is 1.19. The summed E-state index contributed by atoms with van der Waals surface area (Å²) in [7, 11) is 0. The fraction of sp³-hybridized carbons (Fsp3) is 0.222. The number of rotatable bonds is 0.